The molecule has 2 aliphatic rings. The van der Waals surface area contributed by atoms with Crippen molar-refractivity contribution in [2.24, 2.45) is 0 Å². The Balaban J connectivity index is 1.72. The number of hydrogen-bond acceptors (Lipinski definition) is 5. The molecule has 0 aromatic carbocycles. The monoisotopic (exact) mass is 222 g/mol. The van der Waals surface area contributed by atoms with E-state index in [1.807, 2.05) is 0 Å². The molecule has 88 valence electrons. The van der Waals surface area contributed by atoms with Crippen molar-refractivity contribution >= 4 is 0 Å². The van der Waals surface area contributed by atoms with Crippen LogP contribution in [0.25, 0.3) is 0 Å². The fraction of sp³-hybridized carbons (Fsp3) is 0.818. The van der Waals surface area contributed by atoms with Gasteiger partial charge in [-0.1, -0.05) is 5.16 Å². The number of nitrogens with zero attached hydrogens (tertiary/aromatic N) is 3. The fourth-order valence-electron chi connectivity index (χ4n) is 2.59. The quantitative estimate of drug-likeness (QED) is 0.792. The second-order valence-electron chi connectivity index (χ2n) is 4.93. The molecule has 2 saturated heterocycles. The van der Waals surface area contributed by atoms with E-state index in [0.717, 1.165) is 50.7 Å². The van der Waals surface area contributed by atoms with E-state index in [1.165, 1.54) is 0 Å². The van der Waals surface area contributed by atoms with Crippen LogP contribution < -0.4 is 5.32 Å². The first-order valence-electron chi connectivity index (χ1n) is 6.05. The maximum Gasteiger partial charge on any atom is 0.231 e. The third-order valence-electron chi connectivity index (χ3n) is 3.62. The Kier molecular flexibility index (Phi) is 2.65. The van der Waals surface area contributed by atoms with E-state index in [9.17, 15) is 0 Å². The summed E-state index contributed by atoms with van der Waals surface area (Å²) < 4.78 is 5.39. The normalized spacial score (nSPS) is 31.3. The Labute approximate surface area is 95.2 Å². The molecule has 0 saturated carbocycles. The topological polar surface area (TPSA) is 54.2 Å². The van der Waals surface area contributed by atoms with Crippen molar-refractivity contribution in [2.45, 2.75) is 24.7 Å². The first kappa shape index (κ1) is 10.2. The highest BCUT2D eigenvalue weighted by atomic mass is 16.5. The number of rotatable bonds is 2. The third kappa shape index (κ3) is 1.85. The summed E-state index contributed by atoms with van der Waals surface area (Å²) in [5.41, 5.74) is 0. The van der Waals surface area contributed by atoms with E-state index in [1.54, 1.807) is 0 Å². The SMILES string of the molecule is CN1CCC(c2nc(C3CCNC3)no2)C1. The van der Waals surface area contributed by atoms with Crippen molar-refractivity contribution in [2.75, 3.05) is 33.2 Å². The predicted molar refractivity (Wildman–Crippen MR) is 59.4 cm³/mol. The first-order chi connectivity index (χ1) is 7.83. The predicted octanol–water partition coefficient (Wildman–Crippen LogP) is 0.566. The molecule has 16 heavy (non-hydrogen) atoms. The molecule has 3 heterocycles. The molecule has 3 rings (SSSR count). The van der Waals surface area contributed by atoms with Gasteiger partial charge in [0, 0.05) is 19.0 Å². The zero-order valence-electron chi connectivity index (χ0n) is 9.65. The maximum absolute atomic E-state index is 5.39. The van der Waals surface area contributed by atoms with Gasteiger partial charge < -0.3 is 14.7 Å². The number of likely N-dealkylation sites (N-methyl/N-ethyl adjacent to an activating group) is 1. The summed E-state index contributed by atoms with van der Waals surface area (Å²) in [4.78, 5) is 6.88. The Hall–Kier alpha value is -0.940. The highest BCUT2D eigenvalue weighted by Crippen LogP contribution is 2.27. The fourth-order valence-corrected chi connectivity index (χ4v) is 2.59. The van der Waals surface area contributed by atoms with E-state index in [0.29, 0.717) is 11.8 Å². The van der Waals surface area contributed by atoms with Gasteiger partial charge in [-0.15, -0.1) is 0 Å². The van der Waals surface area contributed by atoms with E-state index in [2.05, 4.69) is 27.4 Å². The molecule has 5 nitrogen and oxygen atoms in total. The zero-order chi connectivity index (χ0) is 11.0. The second kappa shape index (κ2) is 4.14. The molecule has 2 aliphatic heterocycles. The Morgan fingerprint density at radius 1 is 1.38 bits per heavy atom. The van der Waals surface area contributed by atoms with Gasteiger partial charge in [-0.3, -0.25) is 0 Å². The van der Waals surface area contributed by atoms with Gasteiger partial charge in [0.25, 0.3) is 0 Å². The lowest BCUT2D eigenvalue weighted by Gasteiger charge is -2.05. The molecule has 1 N–H and O–H groups in total. The number of aromatic nitrogens is 2. The smallest absolute Gasteiger partial charge is 0.231 e. The summed E-state index contributed by atoms with van der Waals surface area (Å²) in [5, 5.41) is 7.45. The molecule has 0 spiro atoms. The van der Waals surface area contributed by atoms with Crippen molar-refractivity contribution < 1.29 is 4.52 Å². The standard InChI is InChI=1S/C11H18N4O/c1-15-5-3-9(7-15)11-13-10(14-16-11)8-2-4-12-6-8/h8-9,12H,2-7H2,1H3. The largest absolute Gasteiger partial charge is 0.339 e. The molecular weight excluding hydrogens is 204 g/mol. The average Bonchev–Trinajstić information content (AvgIpc) is 2.97. The lowest BCUT2D eigenvalue weighted by atomic mass is 10.1. The summed E-state index contributed by atoms with van der Waals surface area (Å²) in [5.74, 6) is 2.64. The summed E-state index contributed by atoms with van der Waals surface area (Å²) in [6.07, 6.45) is 2.27. The van der Waals surface area contributed by atoms with Crippen LogP contribution in [0.2, 0.25) is 0 Å². The number of hydrogen-bond donors (Lipinski definition) is 1. The summed E-state index contributed by atoms with van der Waals surface area (Å²) in [6.45, 7) is 4.24. The molecule has 2 unspecified atom stereocenters. The van der Waals surface area contributed by atoms with Crippen LogP contribution in [0, 0.1) is 0 Å². The third-order valence-corrected chi connectivity index (χ3v) is 3.62. The molecule has 2 fully saturated rings. The minimum Gasteiger partial charge on any atom is -0.339 e. The average molecular weight is 222 g/mol. The van der Waals surface area contributed by atoms with Gasteiger partial charge >= 0.3 is 0 Å². The van der Waals surface area contributed by atoms with E-state index < -0.39 is 0 Å². The van der Waals surface area contributed by atoms with Gasteiger partial charge in [0.2, 0.25) is 5.89 Å². The van der Waals surface area contributed by atoms with Crippen LogP contribution in [-0.4, -0.2) is 48.3 Å². The molecule has 0 aliphatic carbocycles. The lowest BCUT2D eigenvalue weighted by molar-refractivity contribution is 0.340. The van der Waals surface area contributed by atoms with Crippen LogP contribution in [0.4, 0.5) is 0 Å². The van der Waals surface area contributed by atoms with Crippen molar-refractivity contribution in [3.05, 3.63) is 11.7 Å². The summed E-state index contributed by atoms with van der Waals surface area (Å²) in [6, 6.07) is 0. The van der Waals surface area contributed by atoms with Crippen LogP contribution in [0.3, 0.4) is 0 Å². The summed E-state index contributed by atoms with van der Waals surface area (Å²) >= 11 is 0. The molecule has 5 heteroatoms. The zero-order valence-corrected chi connectivity index (χ0v) is 9.65. The van der Waals surface area contributed by atoms with Crippen LogP contribution >= 0.6 is 0 Å². The molecule has 2 atom stereocenters. The Morgan fingerprint density at radius 3 is 3.00 bits per heavy atom. The Bertz CT molecular complexity index is 359. The lowest BCUT2D eigenvalue weighted by Crippen LogP contribution is -2.13. The highest BCUT2D eigenvalue weighted by molar-refractivity contribution is 5.03. The van der Waals surface area contributed by atoms with Crippen LogP contribution in [0.15, 0.2) is 4.52 Å². The van der Waals surface area contributed by atoms with E-state index >= 15 is 0 Å². The van der Waals surface area contributed by atoms with Crippen molar-refractivity contribution in [1.29, 1.82) is 0 Å². The maximum atomic E-state index is 5.39. The van der Waals surface area contributed by atoms with Gasteiger partial charge in [-0.05, 0) is 33.0 Å². The highest BCUT2D eigenvalue weighted by Gasteiger charge is 2.28. The van der Waals surface area contributed by atoms with Crippen molar-refractivity contribution in [3.8, 4) is 0 Å². The molecule has 0 bridgehead atoms. The number of likely N-dealkylation sites (tertiary alicyclic amines) is 1. The first-order valence-corrected chi connectivity index (χ1v) is 6.05. The van der Waals surface area contributed by atoms with Gasteiger partial charge in [0.05, 0.1) is 5.92 Å². The molecule has 0 radical (unpaired) electrons. The van der Waals surface area contributed by atoms with Crippen LogP contribution in [0.5, 0.6) is 0 Å². The van der Waals surface area contributed by atoms with Crippen molar-refractivity contribution in [1.82, 2.24) is 20.4 Å². The van der Waals surface area contributed by atoms with Gasteiger partial charge in [-0.25, -0.2) is 0 Å². The molecule has 1 aromatic rings. The Morgan fingerprint density at radius 2 is 2.31 bits per heavy atom. The summed E-state index contributed by atoms with van der Waals surface area (Å²) in [7, 11) is 2.14. The molecule has 0 amide bonds. The van der Waals surface area contributed by atoms with E-state index in [-0.39, 0.29) is 0 Å². The van der Waals surface area contributed by atoms with Gasteiger partial charge in [0.15, 0.2) is 5.82 Å². The minimum atomic E-state index is 0.445. The van der Waals surface area contributed by atoms with Crippen LogP contribution in [-0.2, 0) is 0 Å². The minimum absolute atomic E-state index is 0.445. The van der Waals surface area contributed by atoms with Gasteiger partial charge in [-0.2, -0.15) is 4.98 Å². The second-order valence-corrected chi connectivity index (χ2v) is 4.93. The number of nitrogens with one attached hydrogen (secondary N) is 1. The molecule has 1 aromatic heterocycles. The molecular formula is C11H18N4O. The van der Waals surface area contributed by atoms with Crippen LogP contribution in [0.1, 0.15) is 36.4 Å². The van der Waals surface area contributed by atoms with Gasteiger partial charge in [0.1, 0.15) is 0 Å². The van der Waals surface area contributed by atoms with E-state index in [4.69, 9.17) is 4.52 Å². The van der Waals surface area contributed by atoms with Crippen molar-refractivity contribution in [3.63, 3.8) is 0 Å².